The predicted molar refractivity (Wildman–Crippen MR) is 134 cm³/mol. The fourth-order valence-corrected chi connectivity index (χ4v) is 5.02. The maximum Gasteiger partial charge on any atom is 0.418 e. The number of nitrogens with zero attached hydrogens (tertiary/aromatic N) is 1. The maximum atomic E-state index is 13.7. The molecule has 37 heavy (non-hydrogen) atoms. The van der Waals surface area contributed by atoms with E-state index < -0.39 is 23.3 Å². The van der Waals surface area contributed by atoms with Crippen molar-refractivity contribution in [1.29, 1.82) is 0 Å². The molecule has 0 radical (unpaired) electrons. The molecule has 3 aromatic rings. The van der Waals surface area contributed by atoms with Crippen molar-refractivity contribution >= 4 is 17.4 Å². The third-order valence-electron chi connectivity index (χ3n) is 6.83. The van der Waals surface area contributed by atoms with Gasteiger partial charge in [0, 0.05) is 25.1 Å². The number of morpholine rings is 1. The summed E-state index contributed by atoms with van der Waals surface area (Å²) in [5, 5.41) is 2.41. The van der Waals surface area contributed by atoms with E-state index in [2.05, 4.69) is 5.32 Å². The summed E-state index contributed by atoms with van der Waals surface area (Å²) in [6.45, 7) is 1.13. The van der Waals surface area contributed by atoms with Gasteiger partial charge in [0.25, 0.3) is 0 Å². The summed E-state index contributed by atoms with van der Waals surface area (Å²) in [6.07, 6.45) is -2.64. The Bertz CT molecular complexity index is 1260. The molecule has 0 aromatic heterocycles. The highest BCUT2D eigenvalue weighted by Gasteiger charge is 2.36. The first-order valence-electron chi connectivity index (χ1n) is 12.3. The first-order valence-corrected chi connectivity index (χ1v) is 12.3. The number of hydrogen-bond acceptors (Lipinski definition) is 4. The van der Waals surface area contributed by atoms with E-state index in [1.165, 1.54) is 6.07 Å². The summed E-state index contributed by atoms with van der Waals surface area (Å²) >= 11 is 0. The quantitative estimate of drug-likeness (QED) is 0.422. The van der Waals surface area contributed by atoms with Crippen molar-refractivity contribution < 1.29 is 27.5 Å². The number of amides is 1. The number of ketones is 1. The zero-order valence-corrected chi connectivity index (χ0v) is 20.1. The third kappa shape index (κ3) is 6.09. The maximum absolute atomic E-state index is 13.7. The molecule has 5 nitrogen and oxygen atoms in total. The highest BCUT2D eigenvalue weighted by molar-refractivity contribution is 6.00. The van der Waals surface area contributed by atoms with Crippen molar-refractivity contribution in [2.45, 2.75) is 37.6 Å². The summed E-state index contributed by atoms with van der Waals surface area (Å²) in [5.74, 6) is -0.880. The van der Waals surface area contributed by atoms with Gasteiger partial charge in [-0.15, -0.1) is 0 Å². The molecule has 3 aromatic carbocycles. The number of alkyl halides is 3. The van der Waals surface area contributed by atoms with Gasteiger partial charge in [0.2, 0.25) is 5.91 Å². The van der Waals surface area contributed by atoms with Crippen LogP contribution in [0.25, 0.3) is 11.1 Å². The molecule has 2 aliphatic rings. The highest BCUT2D eigenvalue weighted by atomic mass is 19.4. The van der Waals surface area contributed by atoms with Crippen LogP contribution in [-0.2, 0) is 22.1 Å². The molecule has 2 saturated heterocycles. The molecule has 2 atom stereocenters. The van der Waals surface area contributed by atoms with Crippen molar-refractivity contribution in [2.24, 2.45) is 0 Å². The molecule has 0 saturated carbocycles. The second-order valence-corrected chi connectivity index (χ2v) is 9.62. The lowest BCUT2D eigenvalue weighted by Gasteiger charge is -2.31. The van der Waals surface area contributed by atoms with E-state index in [4.69, 9.17) is 4.74 Å². The standard InChI is InChI=1S/C29H27F3N2O3/c30-29(31,32)25-13-10-22(15-26(25)33-28(36)18-34-16-23-11-12-24(17-34)37-23)27(35)14-19-6-8-21(9-7-19)20-4-2-1-3-5-20/h1-10,13,15,23-24H,11-12,14,16-18H2,(H,33,36). The topological polar surface area (TPSA) is 58.6 Å². The number of fused-ring (bicyclic) bond motifs is 2. The first-order chi connectivity index (χ1) is 17.7. The fourth-order valence-electron chi connectivity index (χ4n) is 5.02. The molecule has 2 unspecified atom stereocenters. The van der Waals surface area contributed by atoms with Crippen LogP contribution in [-0.4, -0.2) is 48.4 Å². The Kier molecular flexibility index (Phi) is 7.13. The van der Waals surface area contributed by atoms with Gasteiger partial charge >= 0.3 is 6.18 Å². The Hall–Kier alpha value is -3.49. The molecule has 1 amide bonds. The molecular weight excluding hydrogens is 481 g/mol. The molecule has 2 heterocycles. The van der Waals surface area contributed by atoms with Crippen LogP contribution >= 0.6 is 0 Å². The van der Waals surface area contributed by atoms with Crippen LogP contribution in [0.2, 0.25) is 0 Å². The van der Waals surface area contributed by atoms with E-state index in [0.29, 0.717) is 13.1 Å². The van der Waals surface area contributed by atoms with Crippen LogP contribution in [0.5, 0.6) is 0 Å². The minimum atomic E-state index is -4.67. The van der Waals surface area contributed by atoms with Gasteiger partial charge in [-0.1, -0.05) is 60.7 Å². The second kappa shape index (κ2) is 10.5. The summed E-state index contributed by atoms with van der Waals surface area (Å²) in [5.41, 5.74) is 1.53. The van der Waals surface area contributed by atoms with E-state index >= 15 is 0 Å². The lowest BCUT2D eigenvalue weighted by atomic mass is 9.98. The highest BCUT2D eigenvalue weighted by Crippen LogP contribution is 2.36. The number of ether oxygens (including phenoxy) is 1. The van der Waals surface area contributed by atoms with Gasteiger partial charge in [-0.3, -0.25) is 14.5 Å². The van der Waals surface area contributed by atoms with Crippen molar-refractivity contribution in [2.75, 3.05) is 25.0 Å². The third-order valence-corrected chi connectivity index (χ3v) is 6.83. The van der Waals surface area contributed by atoms with Crippen molar-refractivity contribution in [3.63, 3.8) is 0 Å². The molecule has 2 aliphatic heterocycles. The largest absolute Gasteiger partial charge is 0.418 e. The van der Waals surface area contributed by atoms with Gasteiger partial charge in [-0.25, -0.2) is 0 Å². The lowest BCUT2D eigenvalue weighted by Crippen LogP contribution is -2.45. The molecule has 192 valence electrons. The number of nitrogens with one attached hydrogen (secondary N) is 1. The Labute approximate surface area is 213 Å². The van der Waals surface area contributed by atoms with Crippen molar-refractivity contribution in [3.05, 3.63) is 89.5 Å². The Balaban J connectivity index is 1.29. The van der Waals surface area contributed by atoms with E-state index in [1.807, 2.05) is 59.5 Å². The van der Waals surface area contributed by atoms with Crippen LogP contribution in [0.15, 0.2) is 72.8 Å². The first kappa shape index (κ1) is 25.2. The Morgan fingerprint density at radius 3 is 2.19 bits per heavy atom. The van der Waals surface area contributed by atoms with E-state index in [1.54, 1.807) is 0 Å². The summed E-state index contributed by atoms with van der Waals surface area (Å²) in [7, 11) is 0. The molecule has 5 rings (SSSR count). The van der Waals surface area contributed by atoms with Crippen LogP contribution in [0.4, 0.5) is 18.9 Å². The minimum Gasteiger partial charge on any atom is -0.372 e. The monoisotopic (exact) mass is 508 g/mol. The van der Waals surface area contributed by atoms with Gasteiger partial charge < -0.3 is 10.1 Å². The zero-order chi connectivity index (χ0) is 26.0. The predicted octanol–water partition coefficient (Wildman–Crippen LogP) is 5.60. The summed E-state index contributed by atoms with van der Waals surface area (Å²) in [4.78, 5) is 27.5. The number of benzene rings is 3. The van der Waals surface area contributed by atoms with Crippen LogP contribution in [0.3, 0.4) is 0 Å². The van der Waals surface area contributed by atoms with Crippen LogP contribution in [0.1, 0.15) is 34.3 Å². The smallest absolute Gasteiger partial charge is 0.372 e. The Morgan fingerprint density at radius 1 is 0.892 bits per heavy atom. The number of likely N-dealkylation sites (tertiary alicyclic amines) is 1. The van der Waals surface area contributed by atoms with Gasteiger partial charge in [-0.05, 0) is 41.7 Å². The molecule has 0 spiro atoms. The van der Waals surface area contributed by atoms with Gasteiger partial charge in [0.1, 0.15) is 0 Å². The van der Waals surface area contributed by atoms with Gasteiger partial charge in [0.05, 0.1) is 30.0 Å². The number of Topliss-reactive ketones (excluding diaryl/α,β-unsaturated/α-hetero) is 1. The summed E-state index contributed by atoms with van der Waals surface area (Å²) in [6, 6.07) is 20.4. The van der Waals surface area contributed by atoms with E-state index in [0.717, 1.165) is 41.7 Å². The zero-order valence-electron chi connectivity index (χ0n) is 20.1. The van der Waals surface area contributed by atoms with Crippen molar-refractivity contribution in [1.82, 2.24) is 4.90 Å². The number of rotatable bonds is 7. The van der Waals surface area contributed by atoms with Gasteiger partial charge in [0.15, 0.2) is 5.78 Å². The average molecular weight is 509 g/mol. The Morgan fingerprint density at radius 2 is 1.54 bits per heavy atom. The van der Waals surface area contributed by atoms with E-state index in [-0.39, 0.29) is 36.5 Å². The number of hydrogen-bond donors (Lipinski definition) is 1. The molecule has 8 heteroatoms. The van der Waals surface area contributed by atoms with Crippen LogP contribution < -0.4 is 5.32 Å². The fraction of sp³-hybridized carbons (Fsp3) is 0.310. The van der Waals surface area contributed by atoms with Gasteiger partial charge in [-0.2, -0.15) is 13.2 Å². The molecular formula is C29H27F3N2O3. The second-order valence-electron chi connectivity index (χ2n) is 9.62. The molecule has 0 aliphatic carbocycles. The van der Waals surface area contributed by atoms with Crippen LogP contribution in [0, 0.1) is 0 Å². The number of carbonyl (C=O) groups is 2. The average Bonchev–Trinajstić information content (AvgIpc) is 3.22. The molecule has 1 N–H and O–H groups in total. The van der Waals surface area contributed by atoms with Crippen molar-refractivity contribution in [3.8, 4) is 11.1 Å². The minimum absolute atomic E-state index is 0.0282. The number of carbonyl (C=O) groups excluding carboxylic acids is 2. The number of halogens is 3. The lowest BCUT2D eigenvalue weighted by molar-refractivity contribution is -0.137. The molecule has 2 fully saturated rings. The molecule has 2 bridgehead atoms. The SMILES string of the molecule is O=C(CN1CC2CCC(C1)O2)Nc1cc(C(=O)Cc2ccc(-c3ccccc3)cc2)ccc1C(F)(F)F. The summed E-state index contributed by atoms with van der Waals surface area (Å²) < 4.78 is 46.7. The normalized spacial score (nSPS) is 19.5. The number of anilines is 1. The van der Waals surface area contributed by atoms with E-state index in [9.17, 15) is 22.8 Å².